The Morgan fingerprint density at radius 2 is 1.89 bits per heavy atom. The van der Waals surface area contributed by atoms with Gasteiger partial charge in [-0.05, 0) is 54.3 Å². The highest BCUT2D eigenvalue weighted by Gasteiger charge is 2.51. The smallest absolute Gasteiger partial charge is 0.230 e. The summed E-state index contributed by atoms with van der Waals surface area (Å²) in [5, 5.41) is 17.4. The molecule has 1 aliphatic rings. The molecule has 1 aliphatic carbocycles. The standard InChI is InChI=1S/C21H20FN3O2/c22-17-6-4-16(5-7-17)21(10-11-21)20(27)23-14-19(26)15-2-8-18(9-3-15)25-13-1-12-24-25/h1-9,12-13,19,26H,10-11,14H2,(H,23,27). The van der Waals surface area contributed by atoms with Crippen LogP contribution in [0.25, 0.3) is 5.69 Å². The van der Waals surface area contributed by atoms with Gasteiger partial charge in [-0.3, -0.25) is 4.79 Å². The monoisotopic (exact) mass is 365 g/mol. The third-order valence-electron chi connectivity index (χ3n) is 5.08. The van der Waals surface area contributed by atoms with Crippen LogP contribution in [0, 0.1) is 5.82 Å². The van der Waals surface area contributed by atoms with Gasteiger partial charge in [-0.15, -0.1) is 0 Å². The fraction of sp³-hybridized carbons (Fsp3) is 0.238. The first kappa shape index (κ1) is 17.4. The van der Waals surface area contributed by atoms with Crippen molar-refractivity contribution >= 4 is 5.91 Å². The Hall–Kier alpha value is -2.99. The van der Waals surface area contributed by atoms with Gasteiger partial charge in [0.25, 0.3) is 0 Å². The Labute approximate surface area is 156 Å². The number of nitrogens with zero attached hydrogens (tertiary/aromatic N) is 2. The van der Waals surface area contributed by atoms with Crippen LogP contribution >= 0.6 is 0 Å². The zero-order valence-corrected chi connectivity index (χ0v) is 14.7. The van der Waals surface area contributed by atoms with Crippen molar-refractivity contribution in [2.24, 2.45) is 0 Å². The maximum atomic E-state index is 13.1. The van der Waals surface area contributed by atoms with Crippen LogP contribution in [0.4, 0.5) is 4.39 Å². The van der Waals surface area contributed by atoms with Crippen LogP contribution in [0.2, 0.25) is 0 Å². The molecule has 1 unspecified atom stereocenters. The van der Waals surface area contributed by atoms with Crippen LogP contribution in [-0.4, -0.2) is 27.3 Å². The van der Waals surface area contributed by atoms with E-state index in [-0.39, 0.29) is 18.3 Å². The summed E-state index contributed by atoms with van der Waals surface area (Å²) in [7, 11) is 0. The lowest BCUT2D eigenvalue weighted by atomic mass is 9.95. The molecule has 0 bridgehead atoms. The van der Waals surface area contributed by atoms with Crippen LogP contribution in [0.1, 0.15) is 30.1 Å². The maximum Gasteiger partial charge on any atom is 0.230 e. The predicted molar refractivity (Wildman–Crippen MR) is 98.8 cm³/mol. The maximum absolute atomic E-state index is 13.1. The summed E-state index contributed by atoms with van der Waals surface area (Å²) in [6.45, 7) is 0.128. The molecule has 1 aromatic heterocycles. The molecule has 6 heteroatoms. The Bertz CT molecular complexity index is 917. The summed E-state index contributed by atoms with van der Waals surface area (Å²) in [6, 6.07) is 15.3. The van der Waals surface area contributed by atoms with Crippen molar-refractivity contribution in [3.8, 4) is 5.69 Å². The van der Waals surface area contributed by atoms with Crippen molar-refractivity contribution in [3.05, 3.63) is 83.9 Å². The van der Waals surface area contributed by atoms with E-state index in [1.165, 1.54) is 12.1 Å². The van der Waals surface area contributed by atoms with Gasteiger partial charge in [0.1, 0.15) is 5.82 Å². The highest BCUT2D eigenvalue weighted by Crippen LogP contribution is 2.48. The van der Waals surface area contributed by atoms with Crippen LogP contribution in [0.5, 0.6) is 0 Å². The minimum atomic E-state index is -0.801. The number of nitrogens with one attached hydrogen (secondary N) is 1. The number of aliphatic hydroxyl groups excluding tert-OH is 1. The van der Waals surface area contributed by atoms with Crippen molar-refractivity contribution in [3.63, 3.8) is 0 Å². The number of benzene rings is 2. The quantitative estimate of drug-likeness (QED) is 0.706. The molecule has 4 rings (SSSR count). The summed E-state index contributed by atoms with van der Waals surface area (Å²) in [5.41, 5.74) is 1.85. The van der Waals surface area contributed by atoms with E-state index < -0.39 is 11.5 Å². The molecule has 3 aromatic rings. The number of hydrogen-bond donors (Lipinski definition) is 2. The second-order valence-corrected chi connectivity index (χ2v) is 6.86. The molecule has 1 amide bonds. The van der Waals surface area contributed by atoms with Crippen molar-refractivity contribution in [2.45, 2.75) is 24.4 Å². The van der Waals surface area contributed by atoms with E-state index in [0.29, 0.717) is 0 Å². The van der Waals surface area contributed by atoms with E-state index in [1.54, 1.807) is 23.0 Å². The van der Waals surface area contributed by atoms with Crippen molar-refractivity contribution in [2.75, 3.05) is 6.54 Å². The molecule has 0 aliphatic heterocycles. The lowest BCUT2D eigenvalue weighted by Crippen LogP contribution is -2.37. The summed E-state index contributed by atoms with van der Waals surface area (Å²) in [4.78, 5) is 12.6. The molecular weight excluding hydrogens is 345 g/mol. The molecule has 2 aromatic carbocycles. The molecular formula is C21H20FN3O2. The summed E-state index contributed by atoms with van der Waals surface area (Å²) in [5.74, 6) is -0.440. The topological polar surface area (TPSA) is 67.2 Å². The minimum Gasteiger partial charge on any atom is -0.387 e. The number of carbonyl (C=O) groups is 1. The van der Waals surface area contributed by atoms with Crippen LogP contribution in [0.3, 0.4) is 0 Å². The van der Waals surface area contributed by atoms with E-state index >= 15 is 0 Å². The van der Waals surface area contributed by atoms with Crippen molar-refractivity contribution in [1.82, 2.24) is 15.1 Å². The fourth-order valence-electron chi connectivity index (χ4n) is 3.29. The molecule has 1 heterocycles. The molecule has 1 atom stereocenters. The lowest BCUT2D eigenvalue weighted by molar-refractivity contribution is -0.124. The van der Waals surface area contributed by atoms with Gasteiger partial charge in [0.15, 0.2) is 0 Å². The van der Waals surface area contributed by atoms with Gasteiger partial charge in [-0.1, -0.05) is 24.3 Å². The molecule has 1 fully saturated rings. The third kappa shape index (κ3) is 3.48. The SMILES string of the molecule is O=C(NCC(O)c1ccc(-n2cccn2)cc1)C1(c2ccc(F)cc2)CC1. The van der Waals surface area contributed by atoms with E-state index in [1.807, 2.05) is 36.5 Å². The molecule has 5 nitrogen and oxygen atoms in total. The molecule has 138 valence electrons. The lowest BCUT2D eigenvalue weighted by Gasteiger charge is -2.18. The zero-order valence-electron chi connectivity index (χ0n) is 14.7. The van der Waals surface area contributed by atoms with Crippen LogP contribution in [-0.2, 0) is 10.2 Å². The van der Waals surface area contributed by atoms with Crippen molar-refractivity contribution in [1.29, 1.82) is 0 Å². The zero-order chi connectivity index (χ0) is 18.9. The Morgan fingerprint density at radius 3 is 2.48 bits per heavy atom. The number of amides is 1. The largest absolute Gasteiger partial charge is 0.387 e. The van der Waals surface area contributed by atoms with Crippen LogP contribution < -0.4 is 5.32 Å². The number of carbonyl (C=O) groups excluding carboxylic acids is 1. The Balaban J connectivity index is 1.38. The third-order valence-corrected chi connectivity index (χ3v) is 5.08. The average molecular weight is 365 g/mol. The van der Waals surface area contributed by atoms with E-state index in [2.05, 4.69) is 10.4 Å². The van der Waals surface area contributed by atoms with Gasteiger partial charge in [0.2, 0.25) is 5.91 Å². The molecule has 0 radical (unpaired) electrons. The number of aliphatic hydroxyl groups is 1. The summed E-state index contributed by atoms with van der Waals surface area (Å²) < 4.78 is 14.9. The first-order valence-electron chi connectivity index (χ1n) is 8.91. The highest BCUT2D eigenvalue weighted by molar-refractivity contribution is 5.91. The highest BCUT2D eigenvalue weighted by atomic mass is 19.1. The molecule has 2 N–H and O–H groups in total. The Morgan fingerprint density at radius 1 is 1.19 bits per heavy atom. The Kier molecular flexibility index (Phi) is 4.49. The first-order valence-corrected chi connectivity index (χ1v) is 8.91. The number of aromatic nitrogens is 2. The summed E-state index contributed by atoms with van der Waals surface area (Å²) >= 11 is 0. The second kappa shape index (κ2) is 6.96. The summed E-state index contributed by atoms with van der Waals surface area (Å²) in [6.07, 6.45) is 4.21. The van der Waals surface area contributed by atoms with Gasteiger partial charge >= 0.3 is 0 Å². The first-order chi connectivity index (χ1) is 13.1. The molecule has 0 saturated heterocycles. The number of hydrogen-bond acceptors (Lipinski definition) is 3. The predicted octanol–water partition coefficient (Wildman–Crippen LogP) is 2.89. The van der Waals surface area contributed by atoms with E-state index in [9.17, 15) is 14.3 Å². The van der Waals surface area contributed by atoms with E-state index in [4.69, 9.17) is 0 Å². The van der Waals surface area contributed by atoms with Gasteiger partial charge in [0, 0.05) is 18.9 Å². The van der Waals surface area contributed by atoms with Crippen molar-refractivity contribution < 1.29 is 14.3 Å². The molecule has 27 heavy (non-hydrogen) atoms. The molecule has 1 saturated carbocycles. The average Bonchev–Trinajstić information content (AvgIpc) is 3.32. The van der Waals surface area contributed by atoms with Gasteiger partial charge in [-0.25, -0.2) is 9.07 Å². The van der Waals surface area contributed by atoms with Gasteiger partial charge in [-0.2, -0.15) is 5.10 Å². The fourth-order valence-corrected chi connectivity index (χ4v) is 3.29. The number of halogens is 1. The normalized spacial score (nSPS) is 15.9. The molecule has 0 spiro atoms. The minimum absolute atomic E-state index is 0.124. The van der Waals surface area contributed by atoms with Crippen LogP contribution in [0.15, 0.2) is 67.0 Å². The van der Waals surface area contributed by atoms with E-state index in [0.717, 1.165) is 29.7 Å². The second-order valence-electron chi connectivity index (χ2n) is 6.86. The van der Waals surface area contributed by atoms with Gasteiger partial charge < -0.3 is 10.4 Å². The number of rotatable bonds is 6. The van der Waals surface area contributed by atoms with Gasteiger partial charge in [0.05, 0.1) is 17.2 Å².